The van der Waals surface area contributed by atoms with Crippen LogP contribution in [0.3, 0.4) is 0 Å². The Morgan fingerprint density at radius 3 is 3.17 bits per heavy atom. The van der Waals surface area contributed by atoms with Gasteiger partial charge in [0, 0.05) is 11.8 Å². The molecule has 0 saturated carbocycles. The Morgan fingerprint density at radius 1 is 1.56 bits per heavy atom. The van der Waals surface area contributed by atoms with Gasteiger partial charge in [0.15, 0.2) is 5.17 Å². The first-order valence-electron chi connectivity index (χ1n) is 5.58. The summed E-state index contributed by atoms with van der Waals surface area (Å²) in [7, 11) is 1.62. The minimum Gasteiger partial charge on any atom is -0.497 e. The van der Waals surface area contributed by atoms with Crippen molar-refractivity contribution in [3.8, 4) is 5.75 Å². The van der Waals surface area contributed by atoms with Gasteiger partial charge < -0.3 is 10.1 Å². The Labute approximate surface area is 110 Å². The van der Waals surface area contributed by atoms with Crippen LogP contribution >= 0.6 is 11.8 Å². The van der Waals surface area contributed by atoms with Gasteiger partial charge in [-0.1, -0.05) is 23.9 Å². The van der Waals surface area contributed by atoms with Gasteiger partial charge in [0.2, 0.25) is 5.91 Å². The highest BCUT2D eigenvalue weighted by molar-refractivity contribution is 8.14. The van der Waals surface area contributed by atoms with Gasteiger partial charge in [-0.2, -0.15) is 0 Å². The van der Waals surface area contributed by atoms with E-state index in [4.69, 9.17) is 4.74 Å². The molecule has 0 spiro atoms. The Morgan fingerprint density at radius 2 is 2.44 bits per heavy atom. The zero-order valence-corrected chi connectivity index (χ0v) is 10.9. The maximum absolute atomic E-state index is 11.6. The molecule has 2 rings (SSSR count). The van der Waals surface area contributed by atoms with Gasteiger partial charge in [-0.15, -0.1) is 0 Å². The number of amides is 1. The number of methoxy groups -OCH3 is 1. The molecule has 5 heteroatoms. The highest BCUT2D eigenvalue weighted by atomic mass is 32.2. The summed E-state index contributed by atoms with van der Waals surface area (Å²) >= 11 is 1.56. The molecule has 1 N–H and O–H groups in total. The third-order valence-corrected chi connectivity index (χ3v) is 3.23. The molecule has 0 unspecified atom stereocenters. The van der Waals surface area contributed by atoms with Gasteiger partial charge in [-0.3, -0.25) is 9.79 Å². The zero-order chi connectivity index (χ0) is 12.8. The molecule has 1 aromatic rings. The van der Waals surface area contributed by atoms with Crippen LogP contribution in [0, 0.1) is 0 Å². The van der Waals surface area contributed by atoms with Crippen LogP contribution in [0.25, 0.3) is 6.08 Å². The van der Waals surface area contributed by atoms with Crippen molar-refractivity contribution >= 4 is 28.9 Å². The molecular formula is C13H14N2O2S. The van der Waals surface area contributed by atoms with E-state index in [-0.39, 0.29) is 5.91 Å². The van der Waals surface area contributed by atoms with E-state index < -0.39 is 0 Å². The number of hydrogen-bond donors (Lipinski definition) is 1. The second kappa shape index (κ2) is 6.26. The number of carbonyl (C=O) groups excluding carboxylic acids is 1. The minimum atomic E-state index is -0.161. The molecular weight excluding hydrogens is 248 g/mol. The second-order valence-electron chi connectivity index (χ2n) is 3.63. The first-order chi connectivity index (χ1) is 8.78. The largest absolute Gasteiger partial charge is 0.497 e. The van der Waals surface area contributed by atoms with Gasteiger partial charge in [0.1, 0.15) is 5.75 Å². The number of amidine groups is 1. The van der Waals surface area contributed by atoms with Crippen molar-refractivity contribution in [1.82, 2.24) is 5.32 Å². The fraction of sp³-hybridized carbons (Fsp3) is 0.231. The smallest absolute Gasteiger partial charge is 0.249 e. The van der Waals surface area contributed by atoms with E-state index in [9.17, 15) is 4.79 Å². The average Bonchev–Trinajstić information content (AvgIpc) is 2.89. The predicted molar refractivity (Wildman–Crippen MR) is 74.9 cm³/mol. The molecule has 0 aromatic heterocycles. The molecule has 1 amide bonds. The van der Waals surface area contributed by atoms with E-state index in [0.29, 0.717) is 5.17 Å². The predicted octanol–water partition coefficient (Wildman–Crippen LogP) is 1.93. The normalized spacial score (nSPS) is 14.6. The van der Waals surface area contributed by atoms with Crippen molar-refractivity contribution in [1.29, 1.82) is 0 Å². The summed E-state index contributed by atoms with van der Waals surface area (Å²) in [6.07, 6.45) is 3.24. The van der Waals surface area contributed by atoms with Gasteiger partial charge in [-0.25, -0.2) is 0 Å². The molecule has 4 nitrogen and oxygen atoms in total. The number of nitrogens with zero attached hydrogens (tertiary/aromatic N) is 1. The number of carbonyl (C=O) groups is 1. The summed E-state index contributed by atoms with van der Waals surface area (Å²) < 4.78 is 5.11. The summed E-state index contributed by atoms with van der Waals surface area (Å²) in [5.41, 5.74) is 0.922. The van der Waals surface area contributed by atoms with Gasteiger partial charge >= 0.3 is 0 Å². The van der Waals surface area contributed by atoms with E-state index in [1.165, 1.54) is 6.08 Å². The minimum absolute atomic E-state index is 0.161. The molecule has 0 bridgehead atoms. The number of ether oxygens (including phenoxy) is 1. The second-order valence-corrected chi connectivity index (χ2v) is 4.72. The molecule has 0 radical (unpaired) electrons. The van der Waals surface area contributed by atoms with Crippen LogP contribution in [-0.4, -0.2) is 30.5 Å². The number of aliphatic imine (C=N–C) groups is 1. The molecule has 1 aliphatic rings. The average molecular weight is 262 g/mol. The molecule has 0 atom stereocenters. The third-order valence-electron chi connectivity index (χ3n) is 2.34. The SMILES string of the molecule is COc1cccc(/C=C/C(=O)NC2=NCCS2)c1. The lowest BCUT2D eigenvalue weighted by Crippen LogP contribution is -2.25. The maximum Gasteiger partial charge on any atom is 0.249 e. The molecule has 1 aliphatic heterocycles. The van der Waals surface area contributed by atoms with Crippen molar-refractivity contribution in [2.24, 2.45) is 4.99 Å². The lowest BCUT2D eigenvalue weighted by Gasteiger charge is -2.01. The van der Waals surface area contributed by atoms with Gasteiger partial charge in [-0.05, 0) is 23.8 Å². The molecule has 0 fully saturated rings. The Kier molecular flexibility index (Phi) is 4.41. The van der Waals surface area contributed by atoms with E-state index in [1.54, 1.807) is 24.9 Å². The highest BCUT2D eigenvalue weighted by Gasteiger charge is 2.08. The van der Waals surface area contributed by atoms with Crippen LogP contribution in [0.4, 0.5) is 0 Å². The zero-order valence-electron chi connectivity index (χ0n) is 10.1. The lowest BCUT2D eigenvalue weighted by molar-refractivity contribution is -0.115. The Hall–Kier alpha value is -1.75. The fourth-order valence-corrected chi connectivity index (χ4v) is 2.21. The van der Waals surface area contributed by atoms with Crippen molar-refractivity contribution < 1.29 is 9.53 Å². The molecule has 1 heterocycles. The number of rotatable bonds is 3. The first kappa shape index (κ1) is 12.7. The summed E-state index contributed by atoms with van der Waals surface area (Å²) in [6.45, 7) is 0.778. The van der Waals surface area contributed by atoms with Gasteiger partial charge in [0.05, 0.1) is 13.7 Å². The summed E-state index contributed by atoms with van der Waals surface area (Å²) in [5.74, 6) is 1.55. The fourth-order valence-electron chi connectivity index (χ4n) is 1.47. The summed E-state index contributed by atoms with van der Waals surface area (Å²) in [5, 5.41) is 3.44. The summed E-state index contributed by atoms with van der Waals surface area (Å²) in [6, 6.07) is 7.52. The van der Waals surface area contributed by atoms with E-state index in [1.807, 2.05) is 24.3 Å². The number of thioether (sulfide) groups is 1. The lowest BCUT2D eigenvalue weighted by atomic mass is 10.2. The van der Waals surface area contributed by atoms with E-state index in [2.05, 4.69) is 10.3 Å². The third kappa shape index (κ3) is 3.63. The monoisotopic (exact) mass is 262 g/mol. The van der Waals surface area contributed by atoms with Crippen molar-refractivity contribution in [2.45, 2.75) is 0 Å². The molecule has 0 saturated heterocycles. The maximum atomic E-state index is 11.6. The number of hydrogen-bond acceptors (Lipinski definition) is 4. The van der Waals surface area contributed by atoms with Crippen LogP contribution in [0.1, 0.15) is 5.56 Å². The topological polar surface area (TPSA) is 50.7 Å². The summed E-state index contributed by atoms with van der Waals surface area (Å²) in [4.78, 5) is 15.8. The standard InChI is InChI=1S/C13H14N2O2S/c1-17-11-4-2-3-10(9-11)5-6-12(16)15-13-14-7-8-18-13/h2-6,9H,7-8H2,1H3,(H,14,15,16)/b6-5+. The Bertz CT molecular complexity index is 498. The van der Waals surface area contributed by atoms with Crippen molar-refractivity contribution in [3.05, 3.63) is 35.9 Å². The van der Waals surface area contributed by atoms with E-state index in [0.717, 1.165) is 23.6 Å². The number of benzene rings is 1. The molecule has 1 aromatic carbocycles. The molecule has 18 heavy (non-hydrogen) atoms. The first-order valence-corrected chi connectivity index (χ1v) is 6.57. The quantitative estimate of drug-likeness (QED) is 0.847. The van der Waals surface area contributed by atoms with Crippen LogP contribution < -0.4 is 10.1 Å². The number of nitrogens with one attached hydrogen (secondary N) is 1. The van der Waals surface area contributed by atoms with Crippen LogP contribution in [0.2, 0.25) is 0 Å². The van der Waals surface area contributed by atoms with Gasteiger partial charge in [0.25, 0.3) is 0 Å². The van der Waals surface area contributed by atoms with Crippen LogP contribution in [-0.2, 0) is 4.79 Å². The molecule has 94 valence electrons. The highest BCUT2D eigenvalue weighted by Crippen LogP contribution is 2.13. The van der Waals surface area contributed by atoms with Crippen molar-refractivity contribution in [3.63, 3.8) is 0 Å². The van der Waals surface area contributed by atoms with Crippen molar-refractivity contribution in [2.75, 3.05) is 19.4 Å². The van der Waals surface area contributed by atoms with Crippen LogP contribution in [0.15, 0.2) is 35.3 Å². The Balaban J connectivity index is 1.94. The van der Waals surface area contributed by atoms with Crippen LogP contribution in [0.5, 0.6) is 5.75 Å². The molecule has 0 aliphatic carbocycles. The van der Waals surface area contributed by atoms with E-state index >= 15 is 0 Å².